The largest absolute Gasteiger partial charge is 0.343 e. The lowest BCUT2D eigenvalue weighted by atomic mass is 10.1. The van der Waals surface area contributed by atoms with Crippen LogP contribution in [-0.4, -0.2) is 22.9 Å². The Labute approximate surface area is 111 Å². The Kier molecular flexibility index (Phi) is 4.78. The topological polar surface area (TPSA) is 51.0 Å². The molecule has 0 spiro atoms. The standard InChI is InChI=1S/C13H17N3OS/c1-10(11-3-5-12(18-2)6-4-11)14-8-7-13-15-9-17-16-13/h3-6,9-10,14H,7-8H2,1-2H3. The minimum Gasteiger partial charge on any atom is -0.343 e. The molecule has 1 N–H and O–H groups in total. The highest BCUT2D eigenvalue weighted by Crippen LogP contribution is 2.18. The van der Waals surface area contributed by atoms with Gasteiger partial charge in [-0.2, -0.15) is 4.98 Å². The van der Waals surface area contributed by atoms with Crippen LogP contribution in [0.3, 0.4) is 0 Å². The molecule has 2 aromatic rings. The summed E-state index contributed by atoms with van der Waals surface area (Å²) < 4.78 is 4.69. The quantitative estimate of drug-likeness (QED) is 0.812. The molecule has 0 aliphatic rings. The van der Waals surface area contributed by atoms with Crippen LogP contribution in [0, 0.1) is 0 Å². The Morgan fingerprint density at radius 1 is 1.33 bits per heavy atom. The number of benzene rings is 1. The number of nitrogens with one attached hydrogen (secondary N) is 1. The van der Waals surface area contributed by atoms with Crippen molar-refractivity contribution in [3.63, 3.8) is 0 Å². The zero-order valence-electron chi connectivity index (χ0n) is 10.6. The summed E-state index contributed by atoms with van der Waals surface area (Å²) in [5, 5.41) is 7.23. The lowest BCUT2D eigenvalue weighted by molar-refractivity contribution is 0.408. The number of nitrogens with zero attached hydrogens (tertiary/aromatic N) is 2. The molecule has 0 bridgehead atoms. The van der Waals surface area contributed by atoms with E-state index in [-0.39, 0.29) is 0 Å². The maximum absolute atomic E-state index is 4.69. The van der Waals surface area contributed by atoms with Gasteiger partial charge < -0.3 is 9.84 Å². The normalized spacial score (nSPS) is 12.6. The van der Waals surface area contributed by atoms with E-state index in [1.54, 1.807) is 11.8 Å². The number of thioether (sulfide) groups is 1. The summed E-state index contributed by atoms with van der Waals surface area (Å²) in [6.45, 7) is 3.00. The summed E-state index contributed by atoms with van der Waals surface area (Å²) >= 11 is 1.76. The van der Waals surface area contributed by atoms with Crippen molar-refractivity contribution in [3.05, 3.63) is 42.0 Å². The molecule has 18 heavy (non-hydrogen) atoms. The molecule has 0 amide bonds. The van der Waals surface area contributed by atoms with Crippen molar-refractivity contribution in [2.24, 2.45) is 0 Å². The molecule has 1 aromatic carbocycles. The molecule has 4 nitrogen and oxygen atoms in total. The van der Waals surface area contributed by atoms with Gasteiger partial charge in [-0.25, -0.2) is 0 Å². The van der Waals surface area contributed by atoms with Crippen LogP contribution in [0.15, 0.2) is 40.1 Å². The highest BCUT2D eigenvalue weighted by molar-refractivity contribution is 7.98. The lowest BCUT2D eigenvalue weighted by Gasteiger charge is -2.13. The lowest BCUT2D eigenvalue weighted by Crippen LogP contribution is -2.21. The van der Waals surface area contributed by atoms with Crippen LogP contribution in [0.1, 0.15) is 24.4 Å². The molecule has 0 aliphatic carbocycles. The minimum atomic E-state index is 0.327. The first-order valence-electron chi connectivity index (χ1n) is 5.92. The Morgan fingerprint density at radius 2 is 2.11 bits per heavy atom. The van der Waals surface area contributed by atoms with Crippen molar-refractivity contribution < 1.29 is 4.52 Å². The third kappa shape index (κ3) is 3.58. The van der Waals surface area contributed by atoms with Gasteiger partial charge in [-0.3, -0.25) is 0 Å². The van der Waals surface area contributed by atoms with Crippen molar-refractivity contribution in [2.45, 2.75) is 24.3 Å². The highest BCUT2D eigenvalue weighted by atomic mass is 32.2. The molecule has 0 fully saturated rings. The first kappa shape index (κ1) is 13.1. The summed E-state index contributed by atoms with van der Waals surface area (Å²) in [6.07, 6.45) is 4.23. The molecule has 0 saturated heterocycles. The highest BCUT2D eigenvalue weighted by Gasteiger charge is 2.05. The Hall–Kier alpha value is -1.33. The van der Waals surface area contributed by atoms with Crippen LogP contribution in [0.2, 0.25) is 0 Å². The fourth-order valence-corrected chi connectivity index (χ4v) is 2.12. The van der Waals surface area contributed by atoms with E-state index >= 15 is 0 Å². The third-order valence-electron chi connectivity index (χ3n) is 2.82. The van der Waals surface area contributed by atoms with Crippen LogP contribution in [0.4, 0.5) is 0 Å². The zero-order chi connectivity index (χ0) is 12.8. The molecular weight excluding hydrogens is 246 g/mol. The van der Waals surface area contributed by atoms with Crippen molar-refractivity contribution >= 4 is 11.8 Å². The van der Waals surface area contributed by atoms with E-state index in [1.807, 2.05) is 0 Å². The van der Waals surface area contributed by atoms with Gasteiger partial charge in [0.1, 0.15) is 0 Å². The van der Waals surface area contributed by atoms with E-state index in [0.29, 0.717) is 6.04 Å². The predicted molar refractivity (Wildman–Crippen MR) is 72.6 cm³/mol. The van der Waals surface area contributed by atoms with Gasteiger partial charge in [0, 0.05) is 23.9 Å². The van der Waals surface area contributed by atoms with Crippen molar-refractivity contribution in [1.29, 1.82) is 0 Å². The Morgan fingerprint density at radius 3 is 2.72 bits per heavy atom. The number of aromatic nitrogens is 2. The maximum Gasteiger partial charge on any atom is 0.213 e. The fourth-order valence-electron chi connectivity index (χ4n) is 1.71. The van der Waals surface area contributed by atoms with Crippen LogP contribution in [-0.2, 0) is 6.42 Å². The molecule has 1 unspecified atom stereocenters. The van der Waals surface area contributed by atoms with E-state index in [1.165, 1.54) is 16.9 Å². The smallest absolute Gasteiger partial charge is 0.213 e. The average Bonchev–Trinajstić information content (AvgIpc) is 2.92. The molecule has 1 atom stereocenters. The summed E-state index contributed by atoms with van der Waals surface area (Å²) in [6, 6.07) is 8.96. The van der Waals surface area contributed by atoms with E-state index in [0.717, 1.165) is 18.8 Å². The molecule has 96 valence electrons. The van der Waals surface area contributed by atoms with E-state index in [4.69, 9.17) is 4.52 Å². The predicted octanol–water partition coefficient (Wildman–Crippen LogP) is 2.68. The molecule has 0 saturated carbocycles. The van der Waals surface area contributed by atoms with Crippen molar-refractivity contribution in [1.82, 2.24) is 15.5 Å². The van der Waals surface area contributed by atoms with Gasteiger partial charge in [-0.15, -0.1) is 11.8 Å². The van der Waals surface area contributed by atoms with Gasteiger partial charge in [0.2, 0.25) is 6.39 Å². The van der Waals surface area contributed by atoms with Gasteiger partial charge in [-0.05, 0) is 30.9 Å². The molecule has 2 rings (SSSR count). The van der Waals surface area contributed by atoms with Gasteiger partial charge in [0.15, 0.2) is 5.82 Å². The number of hydrogen-bond acceptors (Lipinski definition) is 5. The average molecular weight is 263 g/mol. The fraction of sp³-hybridized carbons (Fsp3) is 0.385. The molecule has 0 radical (unpaired) electrons. The molecule has 0 aliphatic heterocycles. The van der Waals surface area contributed by atoms with Crippen molar-refractivity contribution in [2.75, 3.05) is 12.8 Å². The van der Waals surface area contributed by atoms with E-state index in [2.05, 4.69) is 52.9 Å². The first-order valence-corrected chi connectivity index (χ1v) is 7.14. The second-order valence-electron chi connectivity index (χ2n) is 4.05. The van der Waals surface area contributed by atoms with E-state index < -0.39 is 0 Å². The summed E-state index contributed by atoms with van der Waals surface area (Å²) in [5.41, 5.74) is 1.29. The van der Waals surface area contributed by atoms with Crippen LogP contribution >= 0.6 is 11.8 Å². The van der Waals surface area contributed by atoms with Gasteiger partial charge in [0.25, 0.3) is 0 Å². The zero-order valence-corrected chi connectivity index (χ0v) is 11.4. The SMILES string of the molecule is CSc1ccc(C(C)NCCc2ncon2)cc1. The molecule has 1 heterocycles. The van der Waals surface area contributed by atoms with Crippen molar-refractivity contribution in [3.8, 4) is 0 Å². The maximum atomic E-state index is 4.69. The first-order chi connectivity index (χ1) is 8.79. The van der Waals surface area contributed by atoms with Crippen LogP contribution in [0.25, 0.3) is 0 Å². The van der Waals surface area contributed by atoms with E-state index in [9.17, 15) is 0 Å². The summed E-state index contributed by atoms with van der Waals surface area (Å²) in [7, 11) is 0. The second kappa shape index (κ2) is 6.56. The summed E-state index contributed by atoms with van der Waals surface area (Å²) in [5.74, 6) is 0.743. The van der Waals surface area contributed by atoms with Crippen LogP contribution < -0.4 is 5.32 Å². The minimum absolute atomic E-state index is 0.327. The van der Waals surface area contributed by atoms with Crippen LogP contribution in [0.5, 0.6) is 0 Å². The Bertz CT molecular complexity index is 456. The Balaban J connectivity index is 1.81. The monoisotopic (exact) mass is 263 g/mol. The number of hydrogen-bond donors (Lipinski definition) is 1. The van der Waals surface area contributed by atoms with Gasteiger partial charge >= 0.3 is 0 Å². The van der Waals surface area contributed by atoms with Gasteiger partial charge in [0.05, 0.1) is 0 Å². The second-order valence-corrected chi connectivity index (χ2v) is 4.93. The molecular formula is C13H17N3OS. The summed E-state index contributed by atoms with van der Waals surface area (Å²) in [4.78, 5) is 5.28. The van der Waals surface area contributed by atoms with Gasteiger partial charge in [-0.1, -0.05) is 17.3 Å². The molecule has 5 heteroatoms. The number of rotatable bonds is 6. The molecule has 1 aromatic heterocycles. The third-order valence-corrected chi connectivity index (χ3v) is 3.57.